The second kappa shape index (κ2) is 11.4. The van der Waals surface area contributed by atoms with Crippen molar-refractivity contribution < 1.29 is 19.0 Å². The minimum absolute atomic E-state index is 0.0616. The Bertz CT molecular complexity index is 886. The minimum atomic E-state index is -0.356. The number of esters is 1. The average Bonchev–Trinajstić information content (AvgIpc) is 2.71. The van der Waals surface area contributed by atoms with Crippen molar-refractivity contribution in [2.75, 3.05) is 25.1 Å². The Labute approximate surface area is 183 Å². The van der Waals surface area contributed by atoms with Crippen molar-refractivity contribution in [3.05, 3.63) is 53.1 Å². The van der Waals surface area contributed by atoms with E-state index < -0.39 is 0 Å². The molecule has 2 rings (SSSR count). The molecule has 0 aliphatic heterocycles. The van der Waals surface area contributed by atoms with Crippen LogP contribution in [0.3, 0.4) is 0 Å². The molecular weight excluding hydrogens is 400 g/mol. The Kier molecular flexibility index (Phi) is 8.92. The Morgan fingerprint density at radius 3 is 2.37 bits per heavy atom. The third-order valence-electron chi connectivity index (χ3n) is 4.41. The third-order valence-corrected chi connectivity index (χ3v) is 4.63. The van der Waals surface area contributed by atoms with Crippen LogP contribution in [-0.2, 0) is 4.74 Å². The molecule has 30 heavy (non-hydrogen) atoms. The standard InChI is InChI=1S/C23H30N2O4S/c1-6-27-20-12-11-17(14-21(20)28-7-2)16(5)24-23(30)25-19-13-18(10-9-15(19)4)22(26)29-8-3/h9-14,16H,6-8H2,1-5H3,(H2,24,25,30)/t16-/m1/s1. The van der Waals surface area contributed by atoms with Gasteiger partial charge in [-0.3, -0.25) is 0 Å². The average molecular weight is 431 g/mol. The number of hydrogen-bond acceptors (Lipinski definition) is 5. The summed E-state index contributed by atoms with van der Waals surface area (Å²) in [6.45, 7) is 11.1. The zero-order valence-corrected chi connectivity index (χ0v) is 19.0. The molecule has 0 fully saturated rings. The van der Waals surface area contributed by atoms with E-state index in [0.29, 0.717) is 36.2 Å². The molecule has 0 amide bonds. The van der Waals surface area contributed by atoms with Gasteiger partial charge >= 0.3 is 5.97 Å². The highest BCUT2D eigenvalue weighted by Gasteiger charge is 2.14. The molecule has 0 aliphatic carbocycles. The van der Waals surface area contributed by atoms with Gasteiger partial charge in [0.15, 0.2) is 16.6 Å². The van der Waals surface area contributed by atoms with Gasteiger partial charge in [0.25, 0.3) is 0 Å². The molecule has 2 N–H and O–H groups in total. The normalized spacial score (nSPS) is 11.4. The van der Waals surface area contributed by atoms with Crippen LogP contribution >= 0.6 is 12.2 Å². The molecule has 0 heterocycles. The van der Waals surface area contributed by atoms with Crippen LogP contribution in [0, 0.1) is 6.92 Å². The molecular formula is C23H30N2O4S. The van der Waals surface area contributed by atoms with Crippen LogP contribution in [0.15, 0.2) is 36.4 Å². The molecule has 162 valence electrons. The minimum Gasteiger partial charge on any atom is -0.490 e. The van der Waals surface area contributed by atoms with Crippen LogP contribution in [-0.4, -0.2) is 30.9 Å². The summed E-state index contributed by atoms with van der Waals surface area (Å²) in [5.74, 6) is 1.08. The summed E-state index contributed by atoms with van der Waals surface area (Å²) in [4.78, 5) is 12.0. The highest BCUT2D eigenvalue weighted by Crippen LogP contribution is 2.30. The number of hydrogen-bond donors (Lipinski definition) is 2. The highest BCUT2D eigenvalue weighted by atomic mass is 32.1. The van der Waals surface area contributed by atoms with E-state index in [9.17, 15) is 4.79 Å². The summed E-state index contributed by atoms with van der Waals surface area (Å²) in [5, 5.41) is 6.91. The van der Waals surface area contributed by atoms with Crippen molar-refractivity contribution in [1.82, 2.24) is 5.32 Å². The maximum absolute atomic E-state index is 12.0. The summed E-state index contributed by atoms with van der Waals surface area (Å²) in [5.41, 5.74) is 3.23. The molecule has 0 saturated carbocycles. The molecule has 0 radical (unpaired) electrons. The number of thiocarbonyl (C=S) groups is 1. The number of ether oxygens (including phenoxy) is 3. The summed E-state index contributed by atoms with van der Waals surface area (Å²) < 4.78 is 16.4. The summed E-state index contributed by atoms with van der Waals surface area (Å²) in [6, 6.07) is 11.1. The molecule has 1 atom stereocenters. The van der Waals surface area contributed by atoms with Crippen LogP contribution < -0.4 is 20.1 Å². The van der Waals surface area contributed by atoms with Gasteiger partial charge in [-0.2, -0.15) is 0 Å². The van der Waals surface area contributed by atoms with Crippen molar-refractivity contribution in [2.24, 2.45) is 0 Å². The van der Waals surface area contributed by atoms with Gasteiger partial charge in [-0.05, 0) is 82.2 Å². The monoisotopic (exact) mass is 430 g/mol. The first-order valence-corrected chi connectivity index (χ1v) is 10.5. The van der Waals surface area contributed by atoms with Gasteiger partial charge in [-0.15, -0.1) is 0 Å². The molecule has 2 aromatic rings. The number of nitrogens with one attached hydrogen (secondary N) is 2. The van der Waals surface area contributed by atoms with E-state index in [-0.39, 0.29) is 12.0 Å². The molecule has 0 aliphatic rings. The second-order valence-electron chi connectivity index (χ2n) is 6.64. The molecule has 0 unspecified atom stereocenters. The highest BCUT2D eigenvalue weighted by molar-refractivity contribution is 7.80. The number of rotatable bonds is 9. The first-order chi connectivity index (χ1) is 14.4. The van der Waals surface area contributed by atoms with Gasteiger partial charge in [0.1, 0.15) is 0 Å². The summed E-state index contributed by atoms with van der Waals surface area (Å²) >= 11 is 5.49. The molecule has 7 heteroatoms. The van der Waals surface area contributed by atoms with E-state index in [1.807, 2.05) is 52.0 Å². The van der Waals surface area contributed by atoms with Gasteiger partial charge in [0.2, 0.25) is 0 Å². The Balaban J connectivity index is 2.10. The zero-order chi connectivity index (χ0) is 22.1. The van der Waals surface area contributed by atoms with Crippen LogP contribution in [0.2, 0.25) is 0 Å². The van der Waals surface area contributed by atoms with Gasteiger partial charge in [0, 0.05) is 5.69 Å². The zero-order valence-electron chi connectivity index (χ0n) is 18.2. The topological polar surface area (TPSA) is 68.8 Å². The summed E-state index contributed by atoms with van der Waals surface area (Å²) in [6.07, 6.45) is 0. The van der Waals surface area contributed by atoms with E-state index in [1.54, 1.807) is 19.1 Å². The predicted octanol–water partition coefficient (Wildman–Crippen LogP) is 5.02. The van der Waals surface area contributed by atoms with Crippen molar-refractivity contribution in [3.63, 3.8) is 0 Å². The third kappa shape index (κ3) is 6.35. The maximum Gasteiger partial charge on any atom is 0.338 e. The van der Waals surface area contributed by atoms with Crippen molar-refractivity contribution in [2.45, 2.75) is 40.7 Å². The van der Waals surface area contributed by atoms with Gasteiger partial charge in [-0.1, -0.05) is 12.1 Å². The Morgan fingerprint density at radius 2 is 1.70 bits per heavy atom. The van der Waals surface area contributed by atoms with Crippen molar-refractivity contribution >= 4 is 29.0 Å². The van der Waals surface area contributed by atoms with E-state index in [1.165, 1.54) is 0 Å². The Hall–Kier alpha value is -2.80. The van der Waals surface area contributed by atoms with Crippen molar-refractivity contribution in [1.29, 1.82) is 0 Å². The van der Waals surface area contributed by atoms with Gasteiger partial charge in [-0.25, -0.2) is 4.79 Å². The van der Waals surface area contributed by atoms with Crippen LogP contribution in [0.25, 0.3) is 0 Å². The molecule has 2 aromatic carbocycles. The van der Waals surface area contributed by atoms with Gasteiger partial charge < -0.3 is 24.8 Å². The molecule has 0 spiro atoms. The fourth-order valence-electron chi connectivity index (χ4n) is 2.87. The SMILES string of the molecule is CCOC(=O)c1ccc(C)c(NC(=S)N[C@H](C)c2ccc(OCC)c(OCC)c2)c1. The van der Waals surface area contributed by atoms with Gasteiger partial charge in [0.05, 0.1) is 31.4 Å². The molecule has 0 aromatic heterocycles. The smallest absolute Gasteiger partial charge is 0.338 e. The number of aryl methyl sites for hydroxylation is 1. The number of carbonyl (C=O) groups is 1. The summed E-state index contributed by atoms with van der Waals surface area (Å²) in [7, 11) is 0. The quantitative estimate of drug-likeness (QED) is 0.428. The van der Waals surface area contributed by atoms with Crippen LogP contribution in [0.4, 0.5) is 5.69 Å². The van der Waals surface area contributed by atoms with E-state index in [4.69, 9.17) is 26.4 Å². The van der Waals surface area contributed by atoms with E-state index in [0.717, 1.165) is 22.6 Å². The van der Waals surface area contributed by atoms with E-state index in [2.05, 4.69) is 10.6 Å². The number of benzene rings is 2. The lowest BCUT2D eigenvalue weighted by molar-refractivity contribution is 0.0526. The number of carbonyl (C=O) groups excluding carboxylic acids is 1. The lowest BCUT2D eigenvalue weighted by atomic mass is 10.1. The first kappa shape index (κ1) is 23.5. The lowest BCUT2D eigenvalue weighted by Crippen LogP contribution is -2.31. The number of anilines is 1. The fourth-order valence-corrected chi connectivity index (χ4v) is 3.16. The second-order valence-corrected chi connectivity index (χ2v) is 7.05. The maximum atomic E-state index is 12.0. The van der Waals surface area contributed by atoms with Crippen LogP contribution in [0.1, 0.15) is 55.2 Å². The lowest BCUT2D eigenvalue weighted by Gasteiger charge is -2.20. The van der Waals surface area contributed by atoms with Crippen molar-refractivity contribution in [3.8, 4) is 11.5 Å². The molecule has 0 bridgehead atoms. The fraction of sp³-hybridized carbons (Fsp3) is 0.391. The molecule has 0 saturated heterocycles. The largest absolute Gasteiger partial charge is 0.490 e. The first-order valence-electron chi connectivity index (χ1n) is 10.1. The molecule has 6 nitrogen and oxygen atoms in total. The van der Waals surface area contributed by atoms with Crippen LogP contribution in [0.5, 0.6) is 11.5 Å². The Morgan fingerprint density at radius 1 is 1.00 bits per heavy atom. The predicted molar refractivity (Wildman–Crippen MR) is 124 cm³/mol. The van der Waals surface area contributed by atoms with E-state index >= 15 is 0 Å².